The van der Waals surface area contributed by atoms with Crippen LogP contribution in [-0.2, 0) is 6.42 Å². The summed E-state index contributed by atoms with van der Waals surface area (Å²) in [4.78, 5) is 4.40. The number of nitrogens with zero attached hydrogens (tertiary/aromatic N) is 1. The maximum Gasteiger partial charge on any atom is 0.189 e. The number of nitrogens with two attached hydrogens (primary N) is 1. The highest BCUT2D eigenvalue weighted by Gasteiger charge is 2.21. The molecule has 0 aliphatic carbocycles. The number of benzene rings is 2. The standard InChI is InChI=1S/C18H19Cl2N3O/c19-13-9-12(10-14(20)11-13)5-7-22-18(21)23-16-6-8-24-17-4-2-1-3-15(16)17/h1-4,9-11,16H,5-8H2,(H3,21,22,23). The zero-order chi connectivity index (χ0) is 16.9. The van der Waals surface area contributed by atoms with Crippen molar-refractivity contribution in [3.8, 4) is 5.75 Å². The first-order valence-electron chi connectivity index (χ1n) is 7.85. The number of aliphatic imine (C=N–C) groups is 1. The van der Waals surface area contributed by atoms with Gasteiger partial charge >= 0.3 is 0 Å². The van der Waals surface area contributed by atoms with E-state index in [9.17, 15) is 0 Å². The molecule has 6 heteroatoms. The molecule has 2 aromatic rings. The second-order valence-corrected chi connectivity index (χ2v) is 6.54. The maximum atomic E-state index is 6.03. The number of hydrogen-bond acceptors (Lipinski definition) is 2. The van der Waals surface area contributed by atoms with Gasteiger partial charge in [0.25, 0.3) is 0 Å². The Balaban J connectivity index is 1.59. The summed E-state index contributed by atoms with van der Waals surface area (Å²) in [6.45, 7) is 1.24. The summed E-state index contributed by atoms with van der Waals surface area (Å²) < 4.78 is 5.65. The van der Waals surface area contributed by atoms with E-state index in [1.165, 1.54) is 0 Å². The highest BCUT2D eigenvalue weighted by Crippen LogP contribution is 2.31. The van der Waals surface area contributed by atoms with Crippen molar-refractivity contribution in [3.63, 3.8) is 0 Å². The Labute approximate surface area is 151 Å². The molecule has 2 aromatic carbocycles. The molecule has 1 atom stereocenters. The van der Waals surface area contributed by atoms with Crippen molar-refractivity contribution in [2.24, 2.45) is 10.7 Å². The first kappa shape index (κ1) is 16.9. The Morgan fingerprint density at radius 3 is 2.75 bits per heavy atom. The van der Waals surface area contributed by atoms with Crippen LogP contribution in [0.3, 0.4) is 0 Å². The third-order valence-corrected chi connectivity index (χ3v) is 4.32. The normalized spacial score (nSPS) is 17.1. The lowest BCUT2D eigenvalue weighted by Crippen LogP contribution is -2.37. The van der Waals surface area contributed by atoms with Gasteiger partial charge in [-0.15, -0.1) is 0 Å². The molecule has 0 fully saturated rings. The number of guanidine groups is 1. The second-order valence-electron chi connectivity index (χ2n) is 5.67. The summed E-state index contributed by atoms with van der Waals surface area (Å²) in [5, 5.41) is 4.54. The molecule has 1 aliphatic heterocycles. The fourth-order valence-corrected chi connectivity index (χ4v) is 3.35. The summed E-state index contributed by atoms with van der Waals surface area (Å²) in [6.07, 6.45) is 1.59. The predicted molar refractivity (Wildman–Crippen MR) is 99.1 cm³/mol. The number of fused-ring (bicyclic) bond motifs is 1. The Hall–Kier alpha value is -1.91. The van der Waals surface area contributed by atoms with Gasteiger partial charge in [-0.1, -0.05) is 41.4 Å². The largest absolute Gasteiger partial charge is 0.493 e. The van der Waals surface area contributed by atoms with Gasteiger partial charge in [0.1, 0.15) is 5.75 Å². The van der Waals surface area contributed by atoms with Crippen LogP contribution in [0.4, 0.5) is 0 Å². The molecule has 1 heterocycles. The maximum absolute atomic E-state index is 6.03. The zero-order valence-electron chi connectivity index (χ0n) is 13.1. The van der Waals surface area contributed by atoms with Crippen molar-refractivity contribution < 1.29 is 4.74 Å². The molecule has 24 heavy (non-hydrogen) atoms. The first-order valence-corrected chi connectivity index (χ1v) is 8.60. The van der Waals surface area contributed by atoms with E-state index in [0.29, 0.717) is 29.2 Å². The molecule has 0 saturated heterocycles. The molecule has 1 aliphatic rings. The van der Waals surface area contributed by atoms with Crippen LogP contribution in [0.25, 0.3) is 0 Å². The summed E-state index contributed by atoms with van der Waals surface area (Å²) in [7, 11) is 0. The average molecular weight is 364 g/mol. The van der Waals surface area contributed by atoms with Gasteiger partial charge in [0, 0.05) is 28.6 Å². The Bertz CT molecular complexity index is 729. The third-order valence-electron chi connectivity index (χ3n) is 3.89. The molecule has 3 N–H and O–H groups in total. The smallest absolute Gasteiger partial charge is 0.189 e. The molecular formula is C18H19Cl2N3O. The topological polar surface area (TPSA) is 59.6 Å². The molecule has 0 aromatic heterocycles. The minimum atomic E-state index is 0.124. The lowest BCUT2D eigenvalue weighted by atomic mass is 10.0. The van der Waals surface area contributed by atoms with E-state index in [-0.39, 0.29) is 6.04 Å². The molecule has 126 valence electrons. The molecular weight excluding hydrogens is 345 g/mol. The third kappa shape index (κ3) is 4.34. The number of rotatable bonds is 4. The van der Waals surface area contributed by atoms with Crippen molar-refractivity contribution in [1.82, 2.24) is 5.32 Å². The van der Waals surface area contributed by atoms with Crippen LogP contribution in [0.2, 0.25) is 10.0 Å². The molecule has 1 unspecified atom stereocenters. The van der Waals surface area contributed by atoms with Gasteiger partial charge in [-0.3, -0.25) is 4.99 Å². The lowest BCUT2D eigenvalue weighted by molar-refractivity contribution is 0.262. The van der Waals surface area contributed by atoms with Crippen LogP contribution in [0.15, 0.2) is 47.5 Å². The van der Waals surface area contributed by atoms with E-state index in [2.05, 4.69) is 10.3 Å². The van der Waals surface area contributed by atoms with Crippen LogP contribution >= 0.6 is 23.2 Å². The van der Waals surface area contributed by atoms with Gasteiger partial charge in [0.15, 0.2) is 5.96 Å². The molecule has 0 radical (unpaired) electrons. The molecule has 3 rings (SSSR count). The summed E-state index contributed by atoms with van der Waals surface area (Å²) in [5.41, 5.74) is 8.19. The highest BCUT2D eigenvalue weighted by molar-refractivity contribution is 6.34. The number of hydrogen-bond donors (Lipinski definition) is 2. The van der Waals surface area contributed by atoms with Gasteiger partial charge in [-0.05, 0) is 36.2 Å². The van der Waals surface area contributed by atoms with E-state index < -0.39 is 0 Å². The quantitative estimate of drug-likeness (QED) is 0.638. The van der Waals surface area contributed by atoms with Crippen molar-refractivity contribution in [3.05, 3.63) is 63.6 Å². The van der Waals surface area contributed by atoms with E-state index in [4.69, 9.17) is 33.7 Å². The summed E-state index contributed by atoms with van der Waals surface area (Å²) >= 11 is 12.0. The van der Waals surface area contributed by atoms with Crippen molar-refractivity contribution in [2.45, 2.75) is 18.9 Å². The molecule has 0 saturated carbocycles. The van der Waals surface area contributed by atoms with E-state index in [0.717, 1.165) is 29.7 Å². The van der Waals surface area contributed by atoms with E-state index >= 15 is 0 Å². The second kappa shape index (κ2) is 7.77. The molecule has 4 nitrogen and oxygen atoms in total. The first-order chi connectivity index (χ1) is 11.6. The number of para-hydroxylation sites is 1. The van der Waals surface area contributed by atoms with Crippen molar-refractivity contribution in [1.29, 1.82) is 0 Å². The van der Waals surface area contributed by atoms with Crippen molar-refractivity contribution >= 4 is 29.2 Å². The number of ether oxygens (including phenoxy) is 1. The molecule has 0 amide bonds. The van der Waals surface area contributed by atoms with E-state index in [1.54, 1.807) is 6.07 Å². The Morgan fingerprint density at radius 2 is 1.96 bits per heavy atom. The Kier molecular flexibility index (Phi) is 5.48. The van der Waals surface area contributed by atoms with E-state index in [1.807, 2.05) is 36.4 Å². The van der Waals surface area contributed by atoms with Gasteiger partial charge in [-0.25, -0.2) is 0 Å². The van der Waals surface area contributed by atoms with Crippen LogP contribution in [0.5, 0.6) is 5.75 Å². The fourth-order valence-electron chi connectivity index (χ4n) is 2.78. The fraction of sp³-hybridized carbons (Fsp3) is 0.278. The van der Waals surface area contributed by atoms with Crippen LogP contribution < -0.4 is 15.8 Å². The predicted octanol–water partition coefficient (Wildman–Crippen LogP) is 3.96. The zero-order valence-corrected chi connectivity index (χ0v) is 14.6. The summed E-state index contributed by atoms with van der Waals surface area (Å²) in [5.74, 6) is 1.34. The van der Waals surface area contributed by atoms with Gasteiger partial charge in [0.05, 0.1) is 12.6 Å². The average Bonchev–Trinajstić information content (AvgIpc) is 2.54. The minimum absolute atomic E-state index is 0.124. The monoisotopic (exact) mass is 363 g/mol. The molecule has 0 bridgehead atoms. The van der Waals surface area contributed by atoms with Crippen LogP contribution in [-0.4, -0.2) is 19.1 Å². The highest BCUT2D eigenvalue weighted by atomic mass is 35.5. The molecule has 0 spiro atoms. The Morgan fingerprint density at radius 1 is 1.21 bits per heavy atom. The number of nitrogens with one attached hydrogen (secondary N) is 1. The van der Waals surface area contributed by atoms with Gasteiger partial charge in [-0.2, -0.15) is 0 Å². The van der Waals surface area contributed by atoms with Gasteiger partial charge < -0.3 is 15.8 Å². The van der Waals surface area contributed by atoms with Gasteiger partial charge in [0.2, 0.25) is 0 Å². The summed E-state index contributed by atoms with van der Waals surface area (Å²) in [6, 6.07) is 13.6. The van der Waals surface area contributed by atoms with Crippen LogP contribution in [0.1, 0.15) is 23.6 Å². The minimum Gasteiger partial charge on any atom is -0.493 e. The SMILES string of the molecule is NC(=NCCc1cc(Cl)cc(Cl)c1)NC1CCOc2ccccc21. The number of halogens is 2. The van der Waals surface area contributed by atoms with Crippen molar-refractivity contribution in [2.75, 3.05) is 13.2 Å². The lowest BCUT2D eigenvalue weighted by Gasteiger charge is -2.26. The van der Waals surface area contributed by atoms with Crippen LogP contribution in [0, 0.1) is 0 Å².